The van der Waals surface area contributed by atoms with Crippen molar-refractivity contribution < 1.29 is 24.1 Å². The smallest absolute Gasteiger partial charge is 0.200 e. The third-order valence-electron chi connectivity index (χ3n) is 4.32. The van der Waals surface area contributed by atoms with Gasteiger partial charge in [0, 0.05) is 0 Å². The SMILES string of the molecule is COc1cc(/C=C/C(=O)c2ccccc2OCc2ccccc2)cc(OC)c1O. The van der Waals surface area contributed by atoms with Gasteiger partial charge in [0.05, 0.1) is 19.8 Å². The van der Waals surface area contributed by atoms with Crippen molar-refractivity contribution in [3.63, 3.8) is 0 Å². The number of ether oxygens (including phenoxy) is 3. The van der Waals surface area contributed by atoms with E-state index < -0.39 is 0 Å². The van der Waals surface area contributed by atoms with Gasteiger partial charge < -0.3 is 19.3 Å². The molecule has 0 atom stereocenters. The average molecular weight is 390 g/mol. The summed E-state index contributed by atoms with van der Waals surface area (Å²) in [7, 11) is 2.90. The largest absolute Gasteiger partial charge is 0.502 e. The second-order valence-electron chi connectivity index (χ2n) is 6.24. The summed E-state index contributed by atoms with van der Waals surface area (Å²) in [6, 6.07) is 20.1. The molecule has 148 valence electrons. The van der Waals surface area contributed by atoms with Gasteiger partial charge in [0.25, 0.3) is 0 Å². The Morgan fingerprint density at radius 3 is 2.17 bits per heavy atom. The summed E-state index contributed by atoms with van der Waals surface area (Å²) in [4.78, 5) is 12.7. The van der Waals surface area contributed by atoms with Gasteiger partial charge in [-0.05, 0) is 41.5 Å². The van der Waals surface area contributed by atoms with Crippen molar-refractivity contribution in [2.45, 2.75) is 6.61 Å². The second kappa shape index (κ2) is 9.46. The number of aromatic hydroxyl groups is 1. The lowest BCUT2D eigenvalue weighted by molar-refractivity contribution is 0.104. The number of rotatable bonds is 8. The lowest BCUT2D eigenvalue weighted by Gasteiger charge is -2.10. The Hall–Kier alpha value is -3.73. The molecule has 3 aromatic carbocycles. The molecular formula is C24H22O5. The molecule has 5 heteroatoms. The zero-order chi connectivity index (χ0) is 20.6. The van der Waals surface area contributed by atoms with E-state index in [-0.39, 0.29) is 23.0 Å². The van der Waals surface area contributed by atoms with E-state index >= 15 is 0 Å². The van der Waals surface area contributed by atoms with E-state index in [1.807, 2.05) is 36.4 Å². The third kappa shape index (κ3) is 4.96. The van der Waals surface area contributed by atoms with Gasteiger partial charge in [0.2, 0.25) is 5.75 Å². The van der Waals surface area contributed by atoms with Gasteiger partial charge in [-0.25, -0.2) is 0 Å². The highest BCUT2D eigenvalue weighted by atomic mass is 16.5. The Morgan fingerprint density at radius 1 is 0.897 bits per heavy atom. The highest BCUT2D eigenvalue weighted by Gasteiger charge is 2.12. The number of hydrogen-bond acceptors (Lipinski definition) is 5. The highest BCUT2D eigenvalue weighted by Crippen LogP contribution is 2.37. The molecule has 0 spiro atoms. The number of para-hydroxylation sites is 1. The summed E-state index contributed by atoms with van der Waals surface area (Å²) >= 11 is 0. The van der Waals surface area contributed by atoms with Crippen molar-refractivity contribution in [1.82, 2.24) is 0 Å². The summed E-state index contributed by atoms with van der Waals surface area (Å²) < 4.78 is 16.1. The molecule has 0 aliphatic heterocycles. The van der Waals surface area contributed by atoms with Crippen molar-refractivity contribution in [1.29, 1.82) is 0 Å². The van der Waals surface area contributed by atoms with E-state index in [0.717, 1.165) is 5.56 Å². The molecule has 0 saturated heterocycles. The van der Waals surface area contributed by atoms with E-state index in [0.29, 0.717) is 23.5 Å². The van der Waals surface area contributed by atoms with Gasteiger partial charge in [-0.3, -0.25) is 4.79 Å². The maximum Gasteiger partial charge on any atom is 0.200 e. The normalized spacial score (nSPS) is 10.7. The van der Waals surface area contributed by atoms with E-state index in [1.165, 1.54) is 20.3 Å². The maximum atomic E-state index is 12.7. The number of benzene rings is 3. The van der Waals surface area contributed by atoms with Crippen LogP contribution in [0.25, 0.3) is 6.08 Å². The number of carbonyl (C=O) groups excluding carboxylic acids is 1. The van der Waals surface area contributed by atoms with Gasteiger partial charge in [0.15, 0.2) is 17.3 Å². The summed E-state index contributed by atoms with van der Waals surface area (Å²) in [6.07, 6.45) is 3.09. The van der Waals surface area contributed by atoms with Crippen molar-refractivity contribution in [3.8, 4) is 23.0 Å². The fourth-order valence-electron chi connectivity index (χ4n) is 2.80. The van der Waals surface area contributed by atoms with Crippen molar-refractivity contribution in [2.75, 3.05) is 14.2 Å². The number of methoxy groups -OCH3 is 2. The van der Waals surface area contributed by atoms with Crippen LogP contribution < -0.4 is 14.2 Å². The van der Waals surface area contributed by atoms with Crippen LogP contribution in [-0.4, -0.2) is 25.1 Å². The molecule has 3 rings (SSSR count). The molecule has 0 fully saturated rings. The second-order valence-corrected chi connectivity index (χ2v) is 6.24. The Kier molecular flexibility index (Phi) is 6.53. The van der Waals surface area contributed by atoms with Crippen molar-refractivity contribution >= 4 is 11.9 Å². The molecule has 29 heavy (non-hydrogen) atoms. The minimum absolute atomic E-state index is 0.0851. The lowest BCUT2D eigenvalue weighted by Crippen LogP contribution is -2.02. The molecular weight excluding hydrogens is 368 g/mol. The third-order valence-corrected chi connectivity index (χ3v) is 4.32. The predicted molar refractivity (Wildman–Crippen MR) is 112 cm³/mol. The number of carbonyl (C=O) groups is 1. The Bertz CT molecular complexity index is 984. The first kappa shape index (κ1) is 20.0. The van der Waals surface area contributed by atoms with Crippen LogP contribution >= 0.6 is 0 Å². The van der Waals surface area contributed by atoms with Gasteiger partial charge in [-0.15, -0.1) is 0 Å². The lowest BCUT2D eigenvalue weighted by atomic mass is 10.1. The summed E-state index contributed by atoms with van der Waals surface area (Å²) in [5, 5.41) is 10.0. The Balaban J connectivity index is 1.79. The van der Waals surface area contributed by atoms with Crippen LogP contribution in [0.15, 0.2) is 72.8 Å². The predicted octanol–water partition coefficient (Wildman–Crippen LogP) is 4.88. The first-order valence-corrected chi connectivity index (χ1v) is 9.05. The number of ketones is 1. The van der Waals surface area contributed by atoms with Crippen LogP contribution in [0.1, 0.15) is 21.5 Å². The van der Waals surface area contributed by atoms with Gasteiger partial charge in [0.1, 0.15) is 12.4 Å². The molecule has 0 heterocycles. The molecule has 3 aromatic rings. The zero-order valence-electron chi connectivity index (χ0n) is 16.3. The molecule has 0 bridgehead atoms. The molecule has 0 aromatic heterocycles. The molecule has 0 unspecified atom stereocenters. The van der Waals surface area contributed by atoms with Gasteiger partial charge >= 0.3 is 0 Å². The first-order valence-electron chi connectivity index (χ1n) is 9.05. The van der Waals surface area contributed by atoms with Crippen LogP contribution in [0.2, 0.25) is 0 Å². The molecule has 0 aliphatic carbocycles. The van der Waals surface area contributed by atoms with Crippen LogP contribution in [0.3, 0.4) is 0 Å². The topological polar surface area (TPSA) is 65.0 Å². The van der Waals surface area contributed by atoms with E-state index in [9.17, 15) is 9.90 Å². The minimum atomic E-state index is -0.195. The fourth-order valence-corrected chi connectivity index (χ4v) is 2.80. The maximum absolute atomic E-state index is 12.7. The quantitative estimate of drug-likeness (QED) is 0.438. The highest BCUT2D eigenvalue weighted by molar-refractivity contribution is 6.08. The van der Waals surface area contributed by atoms with Crippen LogP contribution in [-0.2, 0) is 6.61 Å². The number of phenolic OH excluding ortho intramolecular Hbond substituents is 1. The van der Waals surface area contributed by atoms with Crippen molar-refractivity contribution in [3.05, 3.63) is 89.5 Å². The summed E-state index contributed by atoms with van der Waals surface area (Å²) in [6.45, 7) is 0.376. The molecule has 0 radical (unpaired) electrons. The monoisotopic (exact) mass is 390 g/mol. The molecule has 0 aliphatic rings. The number of phenols is 1. The zero-order valence-corrected chi connectivity index (χ0v) is 16.3. The number of hydrogen-bond donors (Lipinski definition) is 1. The summed E-state index contributed by atoms with van der Waals surface area (Å²) in [5.41, 5.74) is 2.15. The minimum Gasteiger partial charge on any atom is -0.502 e. The number of allylic oxidation sites excluding steroid dienone is 1. The van der Waals surface area contributed by atoms with Gasteiger partial charge in [-0.1, -0.05) is 48.5 Å². The fraction of sp³-hybridized carbons (Fsp3) is 0.125. The standard InChI is InChI=1S/C24H22O5/c1-27-22-14-18(15-23(28-2)24(22)26)12-13-20(25)19-10-6-7-11-21(19)29-16-17-8-4-3-5-9-17/h3-15,26H,16H2,1-2H3/b13-12+. The Morgan fingerprint density at radius 2 is 1.52 bits per heavy atom. The first-order chi connectivity index (χ1) is 14.1. The summed E-state index contributed by atoms with van der Waals surface area (Å²) in [5.74, 6) is 0.774. The molecule has 0 saturated carbocycles. The van der Waals surface area contributed by atoms with Crippen LogP contribution in [0.4, 0.5) is 0 Å². The molecule has 1 N–H and O–H groups in total. The van der Waals surface area contributed by atoms with Crippen LogP contribution in [0.5, 0.6) is 23.0 Å². The van der Waals surface area contributed by atoms with E-state index in [1.54, 1.807) is 36.4 Å². The molecule has 5 nitrogen and oxygen atoms in total. The van der Waals surface area contributed by atoms with Gasteiger partial charge in [-0.2, -0.15) is 0 Å². The average Bonchev–Trinajstić information content (AvgIpc) is 2.77. The van der Waals surface area contributed by atoms with Crippen LogP contribution in [0, 0.1) is 0 Å². The van der Waals surface area contributed by atoms with E-state index in [4.69, 9.17) is 14.2 Å². The Labute approximate surface area is 169 Å². The van der Waals surface area contributed by atoms with E-state index in [2.05, 4.69) is 0 Å². The van der Waals surface area contributed by atoms with Crippen molar-refractivity contribution in [2.24, 2.45) is 0 Å². The molecule has 0 amide bonds.